The molecule has 0 unspecified atom stereocenters. The molecule has 0 saturated heterocycles. The van der Waals surface area contributed by atoms with Gasteiger partial charge in [0.25, 0.3) is 11.8 Å². The molecule has 1 aromatic carbocycles. The summed E-state index contributed by atoms with van der Waals surface area (Å²) in [6.07, 6.45) is 5.09. The number of hydrogen-bond donors (Lipinski definition) is 3. The normalized spacial score (nSPS) is 13.6. The molecule has 0 fully saturated rings. The van der Waals surface area contributed by atoms with E-state index in [0.717, 1.165) is 36.1 Å². The smallest absolute Gasteiger partial charge is 0.266 e. The number of amides is 2. The summed E-state index contributed by atoms with van der Waals surface area (Å²) in [4.78, 5) is 25.4. The van der Waals surface area contributed by atoms with Crippen molar-refractivity contribution in [1.29, 1.82) is 5.26 Å². The van der Waals surface area contributed by atoms with E-state index in [4.69, 9.17) is 5.73 Å². The highest BCUT2D eigenvalue weighted by atomic mass is 32.1. The van der Waals surface area contributed by atoms with Gasteiger partial charge in [0.2, 0.25) is 0 Å². The number of aromatic hydroxyl groups is 1. The van der Waals surface area contributed by atoms with Crippen LogP contribution in [0.4, 0.5) is 5.00 Å². The zero-order valence-electron chi connectivity index (χ0n) is 13.9. The predicted octanol–water partition coefficient (Wildman–Crippen LogP) is 2.98. The highest BCUT2D eigenvalue weighted by molar-refractivity contribution is 7.17. The Morgan fingerprint density at radius 2 is 1.92 bits per heavy atom. The van der Waals surface area contributed by atoms with Crippen LogP contribution in [0.1, 0.15) is 39.2 Å². The monoisotopic (exact) mass is 367 g/mol. The van der Waals surface area contributed by atoms with E-state index in [1.165, 1.54) is 29.5 Å². The molecule has 4 N–H and O–H groups in total. The highest BCUT2D eigenvalue weighted by Crippen LogP contribution is 2.38. The van der Waals surface area contributed by atoms with Crippen molar-refractivity contribution in [1.82, 2.24) is 0 Å². The Hall–Kier alpha value is -3.11. The Labute approximate surface area is 154 Å². The van der Waals surface area contributed by atoms with Crippen LogP contribution < -0.4 is 11.1 Å². The molecule has 0 spiro atoms. The molecule has 0 saturated carbocycles. The molecule has 1 heterocycles. The first-order valence-corrected chi connectivity index (χ1v) is 8.97. The molecule has 1 aliphatic rings. The van der Waals surface area contributed by atoms with Crippen LogP contribution in [-0.2, 0) is 17.6 Å². The molecule has 3 rings (SSSR count). The van der Waals surface area contributed by atoms with E-state index in [2.05, 4.69) is 5.32 Å². The second kappa shape index (κ2) is 7.42. The van der Waals surface area contributed by atoms with Crippen LogP contribution in [-0.4, -0.2) is 16.9 Å². The van der Waals surface area contributed by atoms with Crippen LogP contribution in [0.2, 0.25) is 0 Å². The summed E-state index contributed by atoms with van der Waals surface area (Å²) in [5.74, 6) is -1.07. The van der Waals surface area contributed by atoms with Crippen LogP contribution in [0, 0.1) is 11.3 Å². The van der Waals surface area contributed by atoms with Gasteiger partial charge in [0.15, 0.2) is 0 Å². The van der Waals surface area contributed by atoms with E-state index in [9.17, 15) is 20.0 Å². The van der Waals surface area contributed by atoms with Gasteiger partial charge in [0.05, 0.1) is 5.56 Å². The van der Waals surface area contributed by atoms with Crippen LogP contribution in [0.3, 0.4) is 0 Å². The second-order valence-electron chi connectivity index (χ2n) is 5.99. The molecule has 2 aromatic rings. The van der Waals surface area contributed by atoms with Crippen LogP contribution in [0.25, 0.3) is 6.08 Å². The van der Waals surface area contributed by atoms with Crippen molar-refractivity contribution in [3.63, 3.8) is 0 Å². The molecule has 1 aliphatic carbocycles. The van der Waals surface area contributed by atoms with E-state index in [-0.39, 0.29) is 11.3 Å². The second-order valence-corrected chi connectivity index (χ2v) is 7.10. The van der Waals surface area contributed by atoms with E-state index in [0.29, 0.717) is 16.1 Å². The lowest BCUT2D eigenvalue weighted by Gasteiger charge is -2.11. The summed E-state index contributed by atoms with van der Waals surface area (Å²) < 4.78 is 0. The van der Waals surface area contributed by atoms with E-state index in [1.54, 1.807) is 12.1 Å². The Morgan fingerprint density at radius 1 is 1.23 bits per heavy atom. The van der Waals surface area contributed by atoms with Crippen molar-refractivity contribution in [2.75, 3.05) is 5.32 Å². The first-order chi connectivity index (χ1) is 12.5. The van der Waals surface area contributed by atoms with Gasteiger partial charge in [0, 0.05) is 4.88 Å². The van der Waals surface area contributed by atoms with E-state index in [1.807, 2.05) is 6.07 Å². The molecule has 7 heteroatoms. The number of nitrogens with zero attached hydrogens (tertiary/aromatic N) is 1. The van der Waals surface area contributed by atoms with Crippen LogP contribution in [0.5, 0.6) is 5.75 Å². The lowest BCUT2D eigenvalue weighted by atomic mass is 9.95. The summed E-state index contributed by atoms with van der Waals surface area (Å²) in [7, 11) is 0. The number of hydrogen-bond acceptors (Lipinski definition) is 5. The van der Waals surface area contributed by atoms with Gasteiger partial charge in [-0.2, -0.15) is 5.26 Å². The van der Waals surface area contributed by atoms with Crippen molar-refractivity contribution in [2.45, 2.75) is 25.7 Å². The van der Waals surface area contributed by atoms with Crippen molar-refractivity contribution in [2.24, 2.45) is 5.73 Å². The predicted molar refractivity (Wildman–Crippen MR) is 99.8 cm³/mol. The molecule has 1 aromatic heterocycles. The average molecular weight is 367 g/mol. The molecule has 0 atom stereocenters. The number of benzene rings is 1. The third-order valence-electron chi connectivity index (χ3n) is 4.21. The molecule has 0 bridgehead atoms. The summed E-state index contributed by atoms with van der Waals surface area (Å²) in [6.45, 7) is 0. The largest absolute Gasteiger partial charge is 0.508 e. The summed E-state index contributed by atoms with van der Waals surface area (Å²) >= 11 is 1.35. The summed E-state index contributed by atoms with van der Waals surface area (Å²) in [6, 6.07) is 8.00. The summed E-state index contributed by atoms with van der Waals surface area (Å²) in [5, 5.41) is 21.7. The number of nitrogens with one attached hydrogen (secondary N) is 1. The van der Waals surface area contributed by atoms with Gasteiger partial charge in [0.1, 0.15) is 22.4 Å². The highest BCUT2D eigenvalue weighted by Gasteiger charge is 2.25. The maximum atomic E-state index is 12.5. The fourth-order valence-corrected chi connectivity index (χ4v) is 4.26. The molecule has 2 amide bonds. The van der Waals surface area contributed by atoms with Gasteiger partial charge >= 0.3 is 0 Å². The Bertz CT molecular complexity index is 936. The minimum absolute atomic E-state index is 0.0976. The van der Waals surface area contributed by atoms with Gasteiger partial charge in [-0.25, -0.2) is 0 Å². The first kappa shape index (κ1) is 17.7. The lowest BCUT2D eigenvalue weighted by Crippen LogP contribution is -2.19. The SMILES string of the molecule is N#C/C(=C/c1ccc(O)cc1)C(=O)Nc1sc2c(c1C(N)=O)CCCC2. The number of nitrogens with two attached hydrogens (primary N) is 1. The number of primary amides is 1. The molecule has 26 heavy (non-hydrogen) atoms. The number of fused-ring (bicyclic) bond motifs is 1. The molecular formula is C19H17N3O3S. The quantitative estimate of drug-likeness (QED) is 0.569. The molecule has 0 aliphatic heterocycles. The molecule has 0 radical (unpaired) electrons. The van der Waals surface area contributed by atoms with E-state index < -0.39 is 11.8 Å². The van der Waals surface area contributed by atoms with Gasteiger partial charge in [-0.15, -0.1) is 11.3 Å². The number of nitriles is 1. The van der Waals surface area contributed by atoms with Gasteiger partial charge in [-0.05, 0) is 55.0 Å². The molecule has 6 nitrogen and oxygen atoms in total. The van der Waals surface area contributed by atoms with Gasteiger partial charge in [-0.1, -0.05) is 12.1 Å². The minimum Gasteiger partial charge on any atom is -0.508 e. The topological polar surface area (TPSA) is 116 Å². The van der Waals surface area contributed by atoms with Crippen molar-refractivity contribution < 1.29 is 14.7 Å². The third kappa shape index (κ3) is 3.60. The molecular weight excluding hydrogens is 350 g/mol. The first-order valence-electron chi connectivity index (χ1n) is 8.16. The number of thiophene rings is 1. The lowest BCUT2D eigenvalue weighted by molar-refractivity contribution is -0.112. The van der Waals surface area contributed by atoms with Crippen LogP contribution >= 0.6 is 11.3 Å². The maximum absolute atomic E-state index is 12.5. The zero-order chi connectivity index (χ0) is 18.7. The van der Waals surface area contributed by atoms with Crippen molar-refractivity contribution in [3.8, 4) is 11.8 Å². The Balaban J connectivity index is 1.89. The fraction of sp³-hybridized carbons (Fsp3) is 0.211. The van der Waals surface area contributed by atoms with E-state index >= 15 is 0 Å². The number of carbonyl (C=O) groups excluding carboxylic acids is 2. The zero-order valence-corrected chi connectivity index (χ0v) is 14.7. The maximum Gasteiger partial charge on any atom is 0.266 e. The Morgan fingerprint density at radius 3 is 2.58 bits per heavy atom. The minimum atomic E-state index is -0.596. The van der Waals surface area contributed by atoms with Gasteiger partial charge < -0.3 is 16.2 Å². The Kier molecular flexibility index (Phi) is 5.05. The summed E-state index contributed by atoms with van der Waals surface area (Å²) in [5.41, 5.74) is 7.31. The third-order valence-corrected chi connectivity index (χ3v) is 5.42. The number of rotatable bonds is 4. The number of phenolic OH excluding ortho intramolecular Hbond substituents is 1. The fourth-order valence-electron chi connectivity index (χ4n) is 2.97. The van der Waals surface area contributed by atoms with Crippen LogP contribution in [0.15, 0.2) is 29.8 Å². The average Bonchev–Trinajstić information content (AvgIpc) is 2.99. The molecule has 132 valence electrons. The number of phenols is 1. The van der Waals surface area contributed by atoms with Crippen molar-refractivity contribution in [3.05, 3.63) is 51.4 Å². The standard InChI is InChI=1S/C19H17N3O3S/c20-10-12(9-11-5-7-13(23)8-6-11)18(25)22-19-16(17(21)24)14-3-1-2-4-15(14)26-19/h5-9,23H,1-4H2,(H2,21,24)(H,22,25)/b12-9-. The van der Waals surface area contributed by atoms with Crippen molar-refractivity contribution >= 4 is 34.2 Å². The number of carbonyl (C=O) groups is 2. The number of anilines is 1. The van der Waals surface area contributed by atoms with Gasteiger partial charge in [-0.3, -0.25) is 9.59 Å². The number of aryl methyl sites for hydroxylation is 1.